The Kier molecular flexibility index (Phi) is 4.24. The summed E-state index contributed by atoms with van der Waals surface area (Å²) in [5.41, 5.74) is 2.78. The Hall–Kier alpha value is -2.81. The van der Waals surface area contributed by atoms with Gasteiger partial charge in [0, 0.05) is 11.8 Å². The van der Waals surface area contributed by atoms with Crippen molar-refractivity contribution in [1.29, 1.82) is 5.26 Å². The molecule has 6 nitrogen and oxygen atoms in total. The van der Waals surface area contributed by atoms with E-state index in [1.54, 1.807) is 26.4 Å². The van der Waals surface area contributed by atoms with Crippen LogP contribution in [-0.2, 0) is 0 Å². The molecule has 2 aromatic rings. The fourth-order valence-electron chi connectivity index (χ4n) is 1.88. The Morgan fingerprint density at radius 2 is 1.81 bits per heavy atom. The van der Waals surface area contributed by atoms with Gasteiger partial charge in [0.05, 0.1) is 19.9 Å². The largest absolute Gasteiger partial charge is 0.493 e. The van der Waals surface area contributed by atoms with Crippen LogP contribution in [0, 0.1) is 25.2 Å². The van der Waals surface area contributed by atoms with Crippen LogP contribution >= 0.6 is 0 Å². The van der Waals surface area contributed by atoms with Crippen LogP contribution in [0.3, 0.4) is 0 Å². The second kappa shape index (κ2) is 6.09. The van der Waals surface area contributed by atoms with Gasteiger partial charge in [-0.3, -0.25) is 0 Å². The summed E-state index contributed by atoms with van der Waals surface area (Å²) in [6, 6.07) is 7.53. The average Bonchev–Trinajstić information content (AvgIpc) is 2.51. The average molecular weight is 284 g/mol. The van der Waals surface area contributed by atoms with Crippen LogP contribution in [0.2, 0.25) is 0 Å². The molecule has 0 atom stereocenters. The maximum absolute atomic E-state index is 9.28. The molecule has 1 aromatic carbocycles. The summed E-state index contributed by atoms with van der Waals surface area (Å²) in [6.45, 7) is 3.67. The molecular weight excluding hydrogens is 268 g/mol. The molecule has 1 heterocycles. The van der Waals surface area contributed by atoms with Gasteiger partial charge in [0.15, 0.2) is 17.3 Å². The van der Waals surface area contributed by atoms with Crippen LogP contribution in [0.4, 0.5) is 11.5 Å². The van der Waals surface area contributed by atoms with Gasteiger partial charge in [0.1, 0.15) is 11.6 Å². The molecule has 0 spiro atoms. The molecule has 0 saturated heterocycles. The van der Waals surface area contributed by atoms with E-state index in [1.165, 1.54) is 0 Å². The minimum Gasteiger partial charge on any atom is -0.493 e. The molecule has 0 amide bonds. The van der Waals surface area contributed by atoms with Crippen LogP contribution < -0.4 is 14.8 Å². The fourth-order valence-corrected chi connectivity index (χ4v) is 1.88. The molecule has 6 heteroatoms. The van der Waals surface area contributed by atoms with Crippen LogP contribution in [-0.4, -0.2) is 24.4 Å². The maximum atomic E-state index is 9.28. The third-order valence-corrected chi connectivity index (χ3v) is 3.21. The number of methoxy groups -OCH3 is 2. The summed E-state index contributed by atoms with van der Waals surface area (Å²) in [7, 11) is 3.14. The highest BCUT2D eigenvalue weighted by Crippen LogP contribution is 2.31. The van der Waals surface area contributed by atoms with Crippen LogP contribution in [0.5, 0.6) is 11.5 Å². The highest BCUT2D eigenvalue weighted by Gasteiger charge is 2.12. The molecular formula is C15H16N4O2. The van der Waals surface area contributed by atoms with Crippen LogP contribution in [0.15, 0.2) is 18.2 Å². The first-order valence-electron chi connectivity index (χ1n) is 6.33. The summed E-state index contributed by atoms with van der Waals surface area (Å²) in [6.07, 6.45) is 0. The van der Waals surface area contributed by atoms with Gasteiger partial charge < -0.3 is 14.8 Å². The third kappa shape index (κ3) is 2.87. The molecule has 0 bridgehead atoms. The summed E-state index contributed by atoms with van der Waals surface area (Å²) in [5.74, 6) is 1.65. The number of hydrogen-bond acceptors (Lipinski definition) is 6. The van der Waals surface area contributed by atoms with Gasteiger partial charge in [-0.25, -0.2) is 0 Å². The number of anilines is 2. The van der Waals surface area contributed by atoms with E-state index in [0.29, 0.717) is 22.9 Å². The lowest BCUT2D eigenvalue weighted by Gasteiger charge is -2.12. The maximum Gasteiger partial charge on any atom is 0.171 e. The van der Waals surface area contributed by atoms with Crippen molar-refractivity contribution in [3.63, 3.8) is 0 Å². The van der Waals surface area contributed by atoms with Crippen molar-refractivity contribution in [3.05, 3.63) is 35.0 Å². The standard InChI is InChI=1S/C15H16N4O2/c1-9-10(2)18-19-15(12(9)8-16)17-11-5-6-13(20-3)14(7-11)21-4/h5-7H,1-4H3,(H,17,19). The number of rotatable bonds is 4. The number of ether oxygens (including phenoxy) is 2. The summed E-state index contributed by atoms with van der Waals surface area (Å²) >= 11 is 0. The molecule has 21 heavy (non-hydrogen) atoms. The Bertz CT molecular complexity index is 708. The van der Waals surface area contributed by atoms with Gasteiger partial charge >= 0.3 is 0 Å². The lowest BCUT2D eigenvalue weighted by Crippen LogP contribution is -2.04. The SMILES string of the molecule is COc1ccc(Nc2nnc(C)c(C)c2C#N)cc1OC. The lowest BCUT2D eigenvalue weighted by molar-refractivity contribution is 0.355. The zero-order valence-electron chi connectivity index (χ0n) is 12.4. The van der Waals surface area contributed by atoms with E-state index in [1.807, 2.05) is 19.9 Å². The minimum absolute atomic E-state index is 0.424. The van der Waals surface area contributed by atoms with Gasteiger partial charge in [-0.2, -0.15) is 10.4 Å². The van der Waals surface area contributed by atoms with Gasteiger partial charge in [-0.05, 0) is 31.5 Å². The van der Waals surface area contributed by atoms with E-state index in [4.69, 9.17) is 9.47 Å². The monoisotopic (exact) mass is 284 g/mol. The second-order valence-electron chi connectivity index (χ2n) is 4.44. The first kappa shape index (κ1) is 14.6. The van der Waals surface area contributed by atoms with E-state index in [-0.39, 0.29) is 0 Å². The number of nitrogens with zero attached hydrogens (tertiary/aromatic N) is 3. The van der Waals surface area contributed by atoms with Crippen molar-refractivity contribution >= 4 is 11.5 Å². The van der Waals surface area contributed by atoms with Gasteiger partial charge in [-0.1, -0.05) is 0 Å². The smallest absolute Gasteiger partial charge is 0.171 e. The van der Waals surface area contributed by atoms with E-state index in [9.17, 15) is 5.26 Å². The first-order chi connectivity index (χ1) is 10.1. The highest BCUT2D eigenvalue weighted by molar-refractivity contribution is 5.66. The van der Waals surface area contributed by atoms with Crippen molar-refractivity contribution in [3.8, 4) is 17.6 Å². The normalized spacial score (nSPS) is 9.86. The molecule has 108 valence electrons. The predicted molar refractivity (Wildman–Crippen MR) is 79.0 cm³/mol. The summed E-state index contributed by atoms with van der Waals surface area (Å²) < 4.78 is 10.4. The third-order valence-electron chi connectivity index (χ3n) is 3.21. The van der Waals surface area contributed by atoms with Gasteiger partial charge in [0.25, 0.3) is 0 Å². The molecule has 0 unspecified atom stereocenters. The number of aromatic nitrogens is 2. The van der Waals surface area contributed by atoms with E-state index in [0.717, 1.165) is 16.9 Å². The number of hydrogen-bond donors (Lipinski definition) is 1. The Morgan fingerprint density at radius 1 is 1.10 bits per heavy atom. The zero-order chi connectivity index (χ0) is 15.4. The van der Waals surface area contributed by atoms with Gasteiger partial charge in [0.2, 0.25) is 0 Å². The lowest BCUT2D eigenvalue weighted by atomic mass is 10.1. The van der Waals surface area contributed by atoms with E-state index < -0.39 is 0 Å². The van der Waals surface area contributed by atoms with Crippen molar-refractivity contribution in [2.24, 2.45) is 0 Å². The summed E-state index contributed by atoms with van der Waals surface area (Å²) in [5, 5.41) is 20.5. The number of aryl methyl sites for hydroxylation is 1. The molecule has 1 aromatic heterocycles. The molecule has 0 aliphatic rings. The molecule has 0 fully saturated rings. The number of benzene rings is 1. The number of nitriles is 1. The second-order valence-corrected chi connectivity index (χ2v) is 4.44. The van der Waals surface area contributed by atoms with E-state index >= 15 is 0 Å². The quantitative estimate of drug-likeness (QED) is 0.929. The van der Waals surface area contributed by atoms with Gasteiger partial charge in [-0.15, -0.1) is 5.10 Å². The molecule has 0 aliphatic heterocycles. The topological polar surface area (TPSA) is 80.1 Å². The van der Waals surface area contributed by atoms with Crippen molar-refractivity contribution in [2.45, 2.75) is 13.8 Å². The first-order valence-corrected chi connectivity index (χ1v) is 6.33. The Balaban J connectivity index is 2.39. The van der Waals surface area contributed by atoms with Crippen LogP contribution in [0.25, 0.3) is 0 Å². The fraction of sp³-hybridized carbons (Fsp3) is 0.267. The molecule has 0 aliphatic carbocycles. The molecule has 0 radical (unpaired) electrons. The van der Waals surface area contributed by atoms with E-state index in [2.05, 4.69) is 21.6 Å². The molecule has 2 rings (SSSR count). The molecule has 1 N–H and O–H groups in total. The number of nitrogens with one attached hydrogen (secondary N) is 1. The molecule has 0 saturated carbocycles. The minimum atomic E-state index is 0.424. The van der Waals surface area contributed by atoms with Crippen molar-refractivity contribution in [2.75, 3.05) is 19.5 Å². The zero-order valence-corrected chi connectivity index (χ0v) is 12.4. The van der Waals surface area contributed by atoms with Crippen molar-refractivity contribution in [1.82, 2.24) is 10.2 Å². The predicted octanol–water partition coefficient (Wildman–Crippen LogP) is 2.73. The highest BCUT2D eigenvalue weighted by atomic mass is 16.5. The van der Waals surface area contributed by atoms with Crippen molar-refractivity contribution < 1.29 is 9.47 Å². The Morgan fingerprint density at radius 3 is 2.43 bits per heavy atom. The summed E-state index contributed by atoms with van der Waals surface area (Å²) in [4.78, 5) is 0. The Labute approximate surface area is 123 Å². The van der Waals surface area contributed by atoms with Crippen LogP contribution in [0.1, 0.15) is 16.8 Å².